The highest BCUT2D eigenvalue weighted by atomic mass is 16.1. The van der Waals surface area contributed by atoms with Gasteiger partial charge in [-0.1, -0.05) is 42.0 Å². The van der Waals surface area contributed by atoms with Crippen LogP contribution in [0.2, 0.25) is 0 Å². The normalized spacial score (nSPS) is 10.9. The fourth-order valence-corrected chi connectivity index (χ4v) is 2.94. The highest BCUT2D eigenvalue weighted by Crippen LogP contribution is 2.29. The summed E-state index contributed by atoms with van der Waals surface area (Å²) in [6, 6.07) is 19.1. The number of fused-ring (bicyclic) bond motifs is 1. The molecule has 2 aromatic carbocycles. The Labute approximate surface area is 143 Å². The van der Waals surface area contributed by atoms with Gasteiger partial charge in [-0.25, -0.2) is 4.68 Å². The van der Waals surface area contributed by atoms with E-state index >= 15 is 0 Å². The van der Waals surface area contributed by atoms with Crippen LogP contribution in [0, 0.1) is 6.92 Å². The Morgan fingerprint density at radius 1 is 1.04 bits per heavy atom. The molecule has 25 heavy (non-hydrogen) atoms. The largest absolute Gasteiger partial charge is 0.306 e. The lowest BCUT2D eigenvalue weighted by atomic mass is 10.1. The van der Waals surface area contributed by atoms with Crippen LogP contribution in [0.15, 0.2) is 65.5 Å². The zero-order valence-electron chi connectivity index (χ0n) is 13.6. The van der Waals surface area contributed by atoms with E-state index in [4.69, 9.17) is 5.10 Å². The lowest BCUT2D eigenvalue weighted by Gasteiger charge is -2.02. The monoisotopic (exact) mass is 329 g/mol. The molecule has 0 aliphatic heterocycles. The molecule has 0 aliphatic carbocycles. The van der Waals surface area contributed by atoms with Gasteiger partial charge in [-0.05, 0) is 31.2 Å². The number of benzene rings is 2. The SMILES string of the molecule is Cc1cccc(-c2nn(-c3ccccc3)c3[nH]c(=O)c(C=O)cc23)c1. The van der Waals surface area contributed by atoms with Crippen molar-refractivity contribution < 1.29 is 4.79 Å². The van der Waals surface area contributed by atoms with Gasteiger partial charge in [-0.2, -0.15) is 5.10 Å². The molecule has 0 atom stereocenters. The van der Waals surface area contributed by atoms with E-state index in [-0.39, 0.29) is 5.56 Å². The van der Waals surface area contributed by atoms with Gasteiger partial charge in [0.1, 0.15) is 11.3 Å². The molecule has 0 spiro atoms. The number of para-hydroxylation sites is 1. The molecule has 122 valence electrons. The average molecular weight is 329 g/mol. The van der Waals surface area contributed by atoms with Gasteiger partial charge in [0.2, 0.25) is 0 Å². The second-order valence-corrected chi connectivity index (χ2v) is 5.90. The second kappa shape index (κ2) is 5.87. The molecule has 2 heterocycles. The van der Waals surface area contributed by atoms with Crippen LogP contribution >= 0.6 is 0 Å². The average Bonchev–Trinajstić information content (AvgIpc) is 3.00. The summed E-state index contributed by atoms with van der Waals surface area (Å²) >= 11 is 0. The molecule has 0 radical (unpaired) electrons. The van der Waals surface area contributed by atoms with Crippen LogP contribution in [0.4, 0.5) is 0 Å². The minimum absolute atomic E-state index is 0.0917. The van der Waals surface area contributed by atoms with Gasteiger partial charge in [-0.15, -0.1) is 0 Å². The Bertz CT molecular complexity index is 1140. The number of H-pyrrole nitrogens is 1. The number of aldehydes is 1. The fraction of sp³-hybridized carbons (Fsp3) is 0.0500. The third-order valence-corrected chi connectivity index (χ3v) is 4.14. The maximum atomic E-state index is 12.1. The van der Waals surface area contributed by atoms with Gasteiger partial charge < -0.3 is 4.98 Å². The van der Waals surface area contributed by atoms with Crippen molar-refractivity contribution in [1.29, 1.82) is 0 Å². The Morgan fingerprint density at radius 3 is 2.56 bits per heavy atom. The Balaban J connectivity index is 2.09. The maximum Gasteiger partial charge on any atom is 0.260 e. The fourth-order valence-electron chi connectivity index (χ4n) is 2.94. The molecule has 2 aromatic heterocycles. The molecule has 0 amide bonds. The molecule has 0 fully saturated rings. The second-order valence-electron chi connectivity index (χ2n) is 5.90. The van der Waals surface area contributed by atoms with E-state index in [1.807, 2.05) is 61.5 Å². The van der Waals surface area contributed by atoms with Crippen molar-refractivity contribution in [3.63, 3.8) is 0 Å². The van der Waals surface area contributed by atoms with Crippen molar-refractivity contribution in [2.45, 2.75) is 6.92 Å². The standard InChI is InChI=1S/C20H15N3O2/c1-13-6-5-7-14(10-13)18-17-11-15(12-24)20(25)21-19(17)23(22-18)16-8-3-2-4-9-16/h2-12H,1H3,(H,21,25). The van der Waals surface area contributed by atoms with Crippen LogP contribution in [-0.2, 0) is 0 Å². The van der Waals surface area contributed by atoms with Gasteiger partial charge in [0, 0.05) is 10.9 Å². The minimum Gasteiger partial charge on any atom is -0.306 e. The van der Waals surface area contributed by atoms with Crippen LogP contribution in [0.3, 0.4) is 0 Å². The predicted molar refractivity (Wildman–Crippen MR) is 97.3 cm³/mol. The first kappa shape index (κ1) is 15.1. The smallest absolute Gasteiger partial charge is 0.260 e. The molecule has 0 aliphatic rings. The summed E-state index contributed by atoms with van der Waals surface area (Å²) < 4.78 is 1.70. The van der Waals surface area contributed by atoms with E-state index in [1.54, 1.807) is 10.7 Å². The summed E-state index contributed by atoms with van der Waals surface area (Å²) in [5, 5.41) is 5.45. The van der Waals surface area contributed by atoms with Crippen molar-refractivity contribution in [3.8, 4) is 16.9 Å². The van der Waals surface area contributed by atoms with Crippen LogP contribution in [0.1, 0.15) is 15.9 Å². The lowest BCUT2D eigenvalue weighted by molar-refractivity contribution is 0.112. The van der Waals surface area contributed by atoms with Crippen molar-refractivity contribution >= 4 is 17.3 Å². The minimum atomic E-state index is -0.421. The molecular formula is C20H15N3O2. The summed E-state index contributed by atoms with van der Waals surface area (Å²) in [5.41, 5.74) is 3.84. The van der Waals surface area contributed by atoms with Crippen LogP contribution in [0.5, 0.6) is 0 Å². The molecule has 4 aromatic rings. The van der Waals surface area contributed by atoms with Gasteiger partial charge >= 0.3 is 0 Å². The Kier molecular flexibility index (Phi) is 3.54. The zero-order chi connectivity index (χ0) is 17.4. The summed E-state index contributed by atoms with van der Waals surface area (Å²) in [6.07, 6.45) is 0.568. The molecule has 0 saturated carbocycles. The number of nitrogens with zero attached hydrogens (tertiary/aromatic N) is 2. The summed E-state index contributed by atoms with van der Waals surface area (Å²) in [5.74, 6) is 0. The van der Waals surface area contributed by atoms with Crippen LogP contribution < -0.4 is 5.56 Å². The number of hydrogen-bond acceptors (Lipinski definition) is 3. The summed E-state index contributed by atoms with van der Waals surface area (Å²) in [4.78, 5) is 26.1. The van der Waals surface area contributed by atoms with Gasteiger partial charge in [0.05, 0.1) is 11.3 Å². The molecule has 0 saturated heterocycles. The first-order valence-corrected chi connectivity index (χ1v) is 7.91. The quantitative estimate of drug-likeness (QED) is 0.585. The summed E-state index contributed by atoms with van der Waals surface area (Å²) in [7, 11) is 0. The summed E-state index contributed by atoms with van der Waals surface area (Å²) in [6.45, 7) is 2.01. The zero-order valence-corrected chi connectivity index (χ0v) is 13.6. The Hall–Kier alpha value is -3.47. The molecule has 1 N–H and O–H groups in total. The van der Waals surface area contributed by atoms with E-state index < -0.39 is 5.56 Å². The van der Waals surface area contributed by atoms with Crippen molar-refractivity contribution in [2.24, 2.45) is 0 Å². The first-order valence-electron chi connectivity index (χ1n) is 7.91. The number of rotatable bonds is 3. The number of nitrogens with one attached hydrogen (secondary N) is 1. The van der Waals surface area contributed by atoms with E-state index in [0.717, 1.165) is 27.9 Å². The predicted octanol–water partition coefficient (Wildman–Crippen LogP) is 3.50. The molecule has 4 rings (SSSR count). The number of aromatic amines is 1. The third kappa shape index (κ3) is 2.55. The van der Waals surface area contributed by atoms with E-state index in [9.17, 15) is 9.59 Å². The van der Waals surface area contributed by atoms with Gasteiger partial charge in [0.15, 0.2) is 6.29 Å². The molecule has 0 unspecified atom stereocenters. The maximum absolute atomic E-state index is 12.1. The number of carbonyl (C=O) groups is 1. The van der Waals surface area contributed by atoms with Crippen molar-refractivity contribution in [3.05, 3.63) is 82.1 Å². The topological polar surface area (TPSA) is 67.8 Å². The number of carbonyl (C=O) groups excluding carboxylic acids is 1. The Morgan fingerprint density at radius 2 is 1.84 bits per heavy atom. The molecule has 5 nitrogen and oxygen atoms in total. The van der Waals surface area contributed by atoms with Gasteiger partial charge in [-0.3, -0.25) is 9.59 Å². The third-order valence-electron chi connectivity index (χ3n) is 4.14. The number of hydrogen-bond donors (Lipinski definition) is 1. The number of aryl methyl sites for hydroxylation is 1. The van der Waals surface area contributed by atoms with E-state index in [2.05, 4.69) is 4.98 Å². The van der Waals surface area contributed by atoms with Crippen LogP contribution in [-0.4, -0.2) is 21.1 Å². The highest BCUT2D eigenvalue weighted by molar-refractivity contribution is 5.95. The number of pyridine rings is 1. The molecular weight excluding hydrogens is 314 g/mol. The molecule has 5 heteroatoms. The van der Waals surface area contributed by atoms with E-state index in [1.165, 1.54) is 0 Å². The van der Waals surface area contributed by atoms with Crippen LogP contribution in [0.25, 0.3) is 28.0 Å². The highest BCUT2D eigenvalue weighted by Gasteiger charge is 2.16. The van der Waals surface area contributed by atoms with Crippen molar-refractivity contribution in [2.75, 3.05) is 0 Å². The molecule has 0 bridgehead atoms. The first-order chi connectivity index (χ1) is 12.2. The van der Waals surface area contributed by atoms with Gasteiger partial charge in [0.25, 0.3) is 5.56 Å². The lowest BCUT2D eigenvalue weighted by Crippen LogP contribution is -2.12. The van der Waals surface area contributed by atoms with Crippen molar-refractivity contribution in [1.82, 2.24) is 14.8 Å². The van der Waals surface area contributed by atoms with E-state index in [0.29, 0.717) is 11.9 Å². The number of aromatic nitrogens is 3.